The average molecular weight is 306 g/mol. The Morgan fingerprint density at radius 3 is 2.86 bits per heavy atom. The second kappa shape index (κ2) is 5.99. The van der Waals surface area contributed by atoms with Crippen molar-refractivity contribution in [2.75, 3.05) is 0 Å². The number of nitrogens with one attached hydrogen (secondary N) is 1. The minimum Gasteiger partial charge on any atom is -0.462 e. The van der Waals surface area contributed by atoms with Crippen molar-refractivity contribution in [2.24, 2.45) is 0 Å². The minimum atomic E-state index is -0.218. The molecule has 112 valence electrons. The predicted molar refractivity (Wildman–Crippen MR) is 80.3 cm³/mol. The number of nitrogens with zero attached hydrogens (tertiary/aromatic N) is 1. The van der Waals surface area contributed by atoms with Crippen molar-refractivity contribution in [2.45, 2.75) is 44.8 Å². The zero-order valence-corrected chi connectivity index (χ0v) is 12.7. The number of aromatic nitrogens is 1. The Balaban J connectivity index is 1.70. The Bertz CT molecular complexity index is 613. The lowest BCUT2D eigenvalue weighted by Gasteiger charge is -2.25. The summed E-state index contributed by atoms with van der Waals surface area (Å²) in [6.07, 6.45) is 4.52. The van der Waals surface area contributed by atoms with Crippen molar-refractivity contribution < 1.29 is 14.3 Å². The van der Waals surface area contributed by atoms with Gasteiger partial charge in [0.05, 0.1) is 12.4 Å². The van der Waals surface area contributed by atoms with Crippen LogP contribution < -0.4 is 5.32 Å². The quantitative estimate of drug-likeness (QED) is 0.914. The molecule has 0 unspecified atom stereocenters. The fraction of sp³-hybridized carbons (Fsp3) is 0.467. The lowest BCUT2D eigenvalue weighted by Crippen LogP contribution is -2.38. The Morgan fingerprint density at radius 2 is 2.19 bits per heavy atom. The summed E-state index contributed by atoms with van der Waals surface area (Å²) < 4.78 is 5.32. The third-order valence-electron chi connectivity index (χ3n) is 3.78. The van der Waals surface area contributed by atoms with Crippen LogP contribution in [0.3, 0.4) is 0 Å². The van der Waals surface area contributed by atoms with E-state index in [2.05, 4.69) is 10.3 Å². The Hall–Kier alpha value is -1.66. The number of carbonyl (C=O) groups excluding carboxylic acids is 1. The monoisotopic (exact) mass is 306 g/mol. The summed E-state index contributed by atoms with van der Waals surface area (Å²) in [5.41, 5.74) is 0.470. The number of thiazole rings is 1. The van der Waals surface area contributed by atoms with Gasteiger partial charge in [0.1, 0.15) is 5.69 Å². The van der Waals surface area contributed by atoms with Crippen molar-refractivity contribution in [3.8, 4) is 10.8 Å². The zero-order valence-electron chi connectivity index (χ0n) is 11.8. The van der Waals surface area contributed by atoms with Crippen LogP contribution in [0.25, 0.3) is 10.8 Å². The molecule has 0 saturated heterocycles. The molecule has 0 atom stereocenters. The number of furan rings is 1. The number of hydrogen-bond donors (Lipinski definition) is 2. The fourth-order valence-corrected chi connectivity index (χ4v) is 3.47. The van der Waals surface area contributed by atoms with E-state index in [-0.39, 0.29) is 18.1 Å². The summed E-state index contributed by atoms with van der Waals surface area (Å²) in [7, 11) is 0. The van der Waals surface area contributed by atoms with Crippen LogP contribution in [0.4, 0.5) is 0 Å². The number of hydrogen-bond acceptors (Lipinski definition) is 5. The topological polar surface area (TPSA) is 75.4 Å². The summed E-state index contributed by atoms with van der Waals surface area (Å²) in [6.45, 7) is 1.89. The first kappa shape index (κ1) is 14.3. The summed E-state index contributed by atoms with van der Waals surface area (Å²) >= 11 is 1.46. The molecule has 1 fully saturated rings. The van der Waals surface area contributed by atoms with Crippen LogP contribution >= 0.6 is 11.3 Å². The molecule has 0 aromatic carbocycles. The second-order valence-electron chi connectivity index (χ2n) is 5.38. The van der Waals surface area contributed by atoms with E-state index in [9.17, 15) is 9.90 Å². The molecule has 0 radical (unpaired) electrons. The highest BCUT2D eigenvalue weighted by molar-refractivity contribution is 7.15. The zero-order chi connectivity index (χ0) is 14.8. The van der Waals surface area contributed by atoms with E-state index in [0.29, 0.717) is 11.5 Å². The van der Waals surface area contributed by atoms with Crippen LogP contribution in [0.1, 0.15) is 41.0 Å². The molecule has 1 saturated carbocycles. The summed E-state index contributed by atoms with van der Waals surface area (Å²) in [4.78, 5) is 17.6. The Kier molecular flexibility index (Phi) is 4.07. The Morgan fingerprint density at radius 1 is 1.43 bits per heavy atom. The molecule has 5 nitrogen and oxygen atoms in total. The van der Waals surface area contributed by atoms with Crippen molar-refractivity contribution in [3.05, 3.63) is 29.0 Å². The SMILES string of the molecule is Cc1sc(-c2ccco2)nc1C(=O)NC1CCC(O)CC1. The molecule has 1 aliphatic carbocycles. The van der Waals surface area contributed by atoms with Gasteiger partial charge in [-0.15, -0.1) is 11.3 Å². The number of aliphatic hydroxyl groups is 1. The molecule has 0 spiro atoms. The first-order valence-electron chi connectivity index (χ1n) is 7.13. The highest BCUT2D eigenvalue weighted by atomic mass is 32.1. The molecular weight excluding hydrogens is 288 g/mol. The van der Waals surface area contributed by atoms with Gasteiger partial charge in [-0.1, -0.05) is 0 Å². The molecule has 3 rings (SSSR count). The van der Waals surface area contributed by atoms with Gasteiger partial charge in [0.2, 0.25) is 0 Å². The van der Waals surface area contributed by atoms with Crippen LogP contribution in [0.5, 0.6) is 0 Å². The molecule has 2 aromatic rings. The second-order valence-corrected chi connectivity index (χ2v) is 6.58. The average Bonchev–Trinajstić information content (AvgIpc) is 3.10. The standard InChI is InChI=1S/C15H18N2O3S/c1-9-13(17-15(21-9)12-3-2-8-20-12)14(19)16-10-4-6-11(18)7-5-10/h2-3,8,10-11,18H,4-7H2,1H3,(H,16,19). The Labute approximate surface area is 127 Å². The van der Waals surface area contributed by atoms with Gasteiger partial charge in [0, 0.05) is 10.9 Å². The van der Waals surface area contributed by atoms with E-state index in [1.165, 1.54) is 11.3 Å². The highest BCUT2D eigenvalue weighted by Gasteiger charge is 2.24. The molecule has 1 amide bonds. The highest BCUT2D eigenvalue weighted by Crippen LogP contribution is 2.28. The summed E-state index contributed by atoms with van der Waals surface area (Å²) in [5.74, 6) is 0.547. The van der Waals surface area contributed by atoms with Gasteiger partial charge in [-0.2, -0.15) is 0 Å². The maximum Gasteiger partial charge on any atom is 0.271 e. The smallest absolute Gasteiger partial charge is 0.271 e. The summed E-state index contributed by atoms with van der Waals surface area (Å²) in [6, 6.07) is 3.77. The molecule has 21 heavy (non-hydrogen) atoms. The van der Waals surface area contributed by atoms with Crippen molar-refractivity contribution in [1.29, 1.82) is 0 Å². The fourth-order valence-electron chi connectivity index (χ4n) is 2.59. The molecule has 0 aliphatic heterocycles. The number of carbonyl (C=O) groups is 1. The van der Waals surface area contributed by atoms with E-state index in [1.807, 2.05) is 13.0 Å². The van der Waals surface area contributed by atoms with Crippen LogP contribution in [0.2, 0.25) is 0 Å². The third kappa shape index (κ3) is 3.16. The summed E-state index contributed by atoms with van der Waals surface area (Å²) in [5, 5.41) is 13.2. The van der Waals surface area contributed by atoms with Crippen molar-refractivity contribution >= 4 is 17.2 Å². The number of aryl methyl sites for hydroxylation is 1. The van der Waals surface area contributed by atoms with Crippen molar-refractivity contribution in [1.82, 2.24) is 10.3 Å². The first-order valence-corrected chi connectivity index (χ1v) is 7.95. The third-order valence-corrected chi connectivity index (χ3v) is 4.76. The minimum absolute atomic E-state index is 0.133. The number of aliphatic hydroxyl groups excluding tert-OH is 1. The molecule has 0 bridgehead atoms. The van der Waals surface area contributed by atoms with Crippen LogP contribution in [-0.4, -0.2) is 28.1 Å². The largest absolute Gasteiger partial charge is 0.462 e. The lowest BCUT2D eigenvalue weighted by molar-refractivity contribution is 0.0863. The van der Waals surface area contributed by atoms with Crippen LogP contribution in [0.15, 0.2) is 22.8 Å². The van der Waals surface area contributed by atoms with Gasteiger partial charge >= 0.3 is 0 Å². The maximum atomic E-state index is 12.3. The molecule has 1 aliphatic rings. The van der Waals surface area contributed by atoms with E-state index < -0.39 is 0 Å². The predicted octanol–water partition coefficient (Wildman–Crippen LogP) is 2.74. The first-order chi connectivity index (χ1) is 10.1. The van der Waals surface area contributed by atoms with Gasteiger partial charge in [-0.05, 0) is 44.7 Å². The number of amides is 1. The molecule has 6 heteroatoms. The van der Waals surface area contributed by atoms with Gasteiger partial charge in [0.15, 0.2) is 10.8 Å². The van der Waals surface area contributed by atoms with Crippen molar-refractivity contribution in [3.63, 3.8) is 0 Å². The van der Waals surface area contributed by atoms with E-state index in [4.69, 9.17) is 4.42 Å². The molecule has 2 aromatic heterocycles. The van der Waals surface area contributed by atoms with E-state index in [1.54, 1.807) is 12.3 Å². The van der Waals surface area contributed by atoms with Gasteiger partial charge in [0.25, 0.3) is 5.91 Å². The van der Waals surface area contributed by atoms with Crippen LogP contribution in [-0.2, 0) is 0 Å². The normalized spacial score (nSPS) is 22.2. The van der Waals surface area contributed by atoms with Gasteiger partial charge in [-0.25, -0.2) is 4.98 Å². The molecule has 2 heterocycles. The van der Waals surface area contributed by atoms with E-state index >= 15 is 0 Å². The lowest BCUT2D eigenvalue weighted by atomic mass is 9.93. The molecule has 2 N–H and O–H groups in total. The number of rotatable bonds is 3. The maximum absolute atomic E-state index is 12.3. The molecular formula is C15H18N2O3S. The van der Waals surface area contributed by atoms with Crippen LogP contribution in [0, 0.1) is 6.92 Å². The van der Waals surface area contributed by atoms with Gasteiger partial charge < -0.3 is 14.8 Å². The van der Waals surface area contributed by atoms with Gasteiger partial charge in [-0.3, -0.25) is 4.79 Å². The van der Waals surface area contributed by atoms with E-state index in [0.717, 1.165) is 35.6 Å².